The van der Waals surface area contributed by atoms with E-state index in [0.29, 0.717) is 19.5 Å². The molecular formula is C18H27N3O2S. The molecule has 2 aliphatic heterocycles. The van der Waals surface area contributed by atoms with Crippen LogP contribution in [0.1, 0.15) is 18.9 Å². The average molecular weight is 350 g/mol. The van der Waals surface area contributed by atoms with Crippen LogP contribution in [0.3, 0.4) is 0 Å². The minimum Gasteiger partial charge on any atom is -0.341 e. The summed E-state index contributed by atoms with van der Waals surface area (Å²) in [4.78, 5) is 31.6. The lowest BCUT2D eigenvalue weighted by atomic mass is 9.78. The van der Waals surface area contributed by atoms with Gasteiger partial charge in [0.25, 0.3) is 0 Å². The summed E-state index contributed by atoms with van der Waals surface area (Å²) in [6.07, 6.45) is 1.33. The smallest absolute Gasteiger partial charge is 0.231 e. The third-order valence-corrected chi connectivity index (χ3v) is 6.29. The Balaban J connectivity index is 1.64. The Bertz CT molecular complexity index is 601. The molecule has 0 saturated carbocycles. The van der Waals surface area contributed by atoms with Crippen molar-refractivity contribution >= 4 is 23.2 Å². The quantitative estimate of drug-likeness (QED) is 0.810. The van der Waals surface area contributed by atoms with Crippen molar-refractivity contribution in [3.63, 3.8) is 0 Å². The third kappa shape index (κ3) is 3.22. The van der Waals surface area contributed by atoms with Crippen LogP contribution in [-0.4, -0.2) is 73.3 Å². The van der Waals surface area contributed by atoms with Gasteiger partial charge in [-0.1, -0.05) is 6.92 Å². The van der Waals surface area contributed by atoms with E-state index in [2.05, 4.69) is 11.8 Å². The molecule has 2 saturated heterocycles. The molecule has 1 aromatic rings. The lowest BCUT2D eigenvalue weighted by Gasteiger charge is -2.27. The van der Waals surface area contributed by atoms with Gasteiger partial charge in [-0.15, -0.1) is 0 Å². The van der Waals surface area contributed by atoms with Crippen LogP contribution in [0.25, 0.3) is 0 Å². The molecule has 1 aromatic heterocycles. The highest BCUT2D eigenvalue weighted by molar-refractivity contribution is 7.08. The summed E-state index contributed by atoms with van der Waals surface area (Å²) in [6, 6.07) is 2.00. The zero-order valence-corrected chi connectivity index (χ0v) is 15.6. The zero-order valence-electron chi connectivity index (χ0n) is 14.8. The maximum absolute atomic E-state index is 13.0. The second-order valence-corrected chi connectivity index (χ2v) is 8.27. The van der Waals surface area contributed by atoms with Gasteiger partial charge in [0.1, 0.15) is 0 Å². The number of hydrogen-bond donors (Lipinski definition) is 0. The molecule has 5 nitrogen and oxygen atoms in total. The first kappa shape index (κ1) is 17.4. The van der Waals surface area contributed by atoms with Crippen molar-refractivity contribution in [1.82, 2.24) is 14.7 Å². The Morgan fingerprint density at radius 1 is 1.46 bits per heavy atom. The van der Waals surface area contributed by atoms with Crippen molar-refractivity contribution in [2.24, 2.45) is 11.3 Å². The summed E-state index contributed by atoms with van der Waals surface area (Å²) >= 11 is 1.62. The van der Waals surface area contributed by atoms with Crippen LogP contribution in [0.15, 0.2) is 16.8 Å². The minimum atomic E-state index is -0.351. The van der Waals surface area contributed by atoms with Crippen LogP contribution < -0.4 is 0 Å². The molecule has 3 rings (SSSR count). The van der Waals surface area contributed by atoms with Gasteiger partial charge >= 0.3 is 0 Å². The molecule has 0 radical (unpaired) electrons. The van der Waals surface area contributed by atoms with Crippen LogP contribution >= 0.6 is 11.3 Å². The zero-order chi connectivity index (χ0) is 17.3. The van der Waals surface area contributed by atoms with Crippen molar-refractivity contribution < 1.29 is 9.59 Å². The van der Waals surface area contributed by atoms with Gasteiger partial charge in [0, 0.05) is 32.7 Å². The van der Waals surface area contributed by atoms with E-state index in [1.807, 2.05) is 40.7 Å². The molecule has 2 fully saturated rings. The van der Waals surface area contributed by atoms with Crippen molar-refractivity contribution in [2.45, 2.75) is 19.8 Å². The second-order valence-electron chi connectivity index (χ2n) is 7.49. The molecule has 2 amide bonds. The van der Waals surface area contributed by atoms with Crippen LogP contribution in [-0.2, 0) is 16.0 Å². The van der Waals surface area contributed by atoms with Gasteiger partial charge in [0.15, 0.2) is 0 Å². The monoisotopic (exact) mass is 349 g/mol. The summed E-state index contributed by atoms with van der Waals surface area (Å²) < 4.78 is 0. The standard InChI is InChI=1S/C18H27N3O2S/c1-14-11-21(16(22)10-15-4-9-24-12-15)13-18(14)5-6-20(17(18)23)8-7-19(2)3/h4,9,12,14H,5-8,10-11,13H2,1-3H3/t14-,18-/m1/s1. The van der Waals surface area contributed by atoms with E-state index in [1.54, 1.807) is 11.3 Å². The van der Waals surface area contributed by atoms with E-state index in [-0.39, 0.29) is 23.1 Å². The van der Waals surface area contributed by atoms with E-state index in [4.69, 9.17) is 0 Å². The van der Waals surface area contributed by atoms with Gasteiger partial charge in [-0.05, 0) is 48.8 Å². The molecule has 2 aliphatic rings. The molecule has 3 heterocycles. The van der Waals surface area contributed by atoms with Crippen LogP contribution in [0, 0.1) is 11.3 Å². The number of carbonyl (C=O) groups excluding carboxylic acids is 2. The van der Waals surface area contributed by atoms with E-state index < -0.39 is 0 Å². The van der Waals surface area contributed by atoms with Gasteiger partial charge < -0.3 is 14.7 Å². The summed E-state index contributed by atoms with van der Waals surface area (Å²) in [6.45, 7) is 5.92. The molecule has 0 aromatic carbocycles. The fraction of sp³-hybridized carbons (Fsp3) is 0.667. The summed E-state index contributed by atoms with van der Waals surface area (Å²) in [5.74, 6) is 0.639. The Hall–Kier alpha value is -1.40. The number of likely N-dealkylation sites (N-methyl/N-ethyl adjacent to an activating group) is 1. The average Bonchev–Trinajstić information content (AvgIpc) is 3.22. The number of thiophene rings is 1. The van der Waals surface area contributed by atoms with E-state index in [0.717, 1.165) is 31.6 Å². The molecular weight excluding hydrogens is 322 g/mol. The number of likely N-dealkylation sites (tertiary alicyclic amines) is 2. The highest BCUT2D eigenvalue weighted by Crippen LogP contribution is 2.44. The van der Waals surface area contributed by atoms with Crippen molar-refractivity contribution in [3.8, 4) is 0 Å². The molecule has 0 N–H and O–H groups in total. The maximum atomic E-state index is 13.0. The van der Waals surface area contributed by atoms with Crippen LogP contribution in [0.4, 0.5) is 0 Å². The summed E-state index contributed by atoms with van der Waals surface area (Å²) in [5, 5.41) is 4.02. The van der Waals surface area contributed by atoms with Gasteiger partial charge in [0.05, 0.1) is 11.8 Å². The number of rotatable bonds is 5. The molecule has 0 bridgehead atoms. The third-order valence-electron chi connectivity index (χ3n) is 5.56. The van der Waals surface area contributed by atoms with Gasteiger partial charge in [-0.3, -0.25) is 9.59 Å². The van der Waals surface area contributed by atoms with E-state index in [9.17, 15) is 9.59 Å². The topological polar surface area (TPSA) is 43.9 Å². The normalized spacial score (nSPS) is 27.0. The van der Waals surface area contributed by atoms with E-state index in [1.165, 1.54) is 0 Å². The molecule has 0 unspecified atom stereocenters. The second kappa shape index (κ2) is 6.84. The predicted molar refractivity (Wildman–Crippen MR) is 96.0 cm³/mol. The fourth-order valence-corrected chi connectivity index (χ4v) is 4.60. The highest BCUT2D eigenvalue weighted by Gasteiger charge is 2.55. The molecule has 1 spiro atoms. The first-order chi connectivity index (χ1) is 11.4. The van der Waals surface area contributed by atoms with Crippen LogP contribution in [0.2, 0.25) is 0 Å². The lowest BCUT2D eigenvalue weighted by Crippen LogP contribution is -2.42. The molecule has 24 heavy (non-hydrogen) atoms. The number of carbonyl (C=O) groups is 2. The molecule has 2 atom stereocenters. The Morgan fingerprint density at radius 2 is 2.25 bits per heavy atom. The maximum Gasteiger partial charge on any atom is 0.231 e. The van der Waals surface area contributed by atoms with Crippen LogP contribution in [0.5, 0.6) is 0 Å². The number of amides is 2. The number of nitrogens with zero attached hydrogens (tertiary/aromatic N) is 3. The van der Waals surface area contributed by atoms with Gasteiger partial charge in [-0.25, -0.2) is 0 Å². The first-order valence-electron chi connectivity index (χ1n) is 8.65. The lowest BCUT2D eigenvalue weighted by molar-refractivity contribution is -0.137. The predicted octanol–water partition coefficient (Wildman–Crippen LogP) is 1.55. The number of hydrogen-bond acceptors (Lipinski definition) is 4. The molecule has 0 aliphatic carbocycles. The first-order valence-corrected chi connectivity index (χ1v) is 9.59. The molecule has 132 valence electrons. The Morgan fingerprint density at radius 3 is 2.92 bits per heavy atom. The Kier molecular flexibility index (Phi) is 4.97. The largest absolute Gasteiger partial charge is 0.341 e. The van der Waals surface area contributed by atoms with Gasteiger partial charge in [0.2, 0.25) is 11.8 Å². The molecule has 6 heteroatoms. The van der Waals surface area contributed by atoms with Crippen molar-refractivity contribution in [1.29, 1.82) is 0 Å². The van der Waals surface area contributed by atoms with Gasteiger partial charge in [-0.2, -0.15) is 11.3 Å². The fourth-order valence-electron chi connectivity index (χ4n) is 3.93. The van der Waals surface area contributed by atoms with Crippen molar-refractivity contribution in [2.75, 3.05) is 46.8 Å². The Labute approximate surface area is 148 Å². The van der Waals surface area contributed by atoms with E-state index >= 15 is 0 Å². The minimum absolute atomic E-state index is 0.150. The highest BCUT2D eigenvalue weighted by atomic mass is 32.1. The summed E-state index contributed by atoms with van der Waals surface area (Å²) in [5.41, 5.74) is 0.723. The van der Waals surface area contributed by atoms with Crippen molar-refractivity contribution in [3.05, 3.63) is 22.4 Å². The SMILES string of the molecule is C[C@@H]1CN(C(=O)Cc2ccsc2)C[C@]12CCN(CCN(C)C)C2=O. The summed E-state index contributed by atoms with van der Waals surface area (Å²) in [7, 11) is 4.05.